The number of benzene rings is 9. The molecule has 0 N–H and O–H groups in total. The van der Waals surface area contributed by atoms with Gasteiger partial charge in [-0.3, -0.25) is 0 Å². The fourth-order valence-electron chi connectivity index (χ4n) is 9.44. The number of nitrogens with zero attached hydrogens (tertiary/aromatic N) is 3. The van der Waals surface area contributed by atoms with E-state index in [0.717, 1.165) is 111 Å². The second-order valence-corrected chi connectivity index (χ2v) is 16.1. The molecule has 63 heavy (non-hydrogen) atoms. The Morgan fingerprint density at radius 3 is 1.40 bits per heavy atom. The lowest BCUT2D eigenvalue weighted by Gasteiger charge is -2.16. The first-order chi connectivity index (χ1) is 31.2. The van der Waals surface area contributed by atoms with E-state index in [1.54, 1.807) is 0 Å². The molecular weight excluding hydrogens is 771 g/mol. The molecule has 0 aliphatic heterocycles. The summed E-state index contributed by atoms with van der Waals surface area (Å²) in [5, 5.41) is 6.82. The van der Waals surface area contributed by atoms with Gasteiger partial charge in [0.15, 0.2) is 5.82 Å². The van der Waals surface area contributed by atoms with Crippen molar-refractivity contribution in [1.29, 1.82) is 0 Å². The normalized spacial score (nSPS) is 11.8. The van der Waals surface area contributed by atoms with Gasteiger partial charge in [0.05, 0.1) is 28.1 Å². The second-order valence-electron chi connectivity index (χ2n) is 16.1. The third kappa shape index (κ3) is 5.78. The molecule has 0 unspecified atom stereocenters. The molecule has 0 saturated heterocycles. The standard InChI is InChI=1S/C58H35N3O2/c1-2-14-36(15-3-1)58-59-49(35-50(60-58)48-20-6-11-23-53(48)61-51-21-9-4-16-42(51)43-17-5-10-22-52(43)61)41-31-39(37-26-28-46-44-18-7-12-24-54(44)62-56(46)33-37)30-40(32-41)38-27-29-47-45-19-8-13-25-55(45)63-57(47)34-38/h1-35H. The van der Waals surface area contributed by atoms with Gasteiger partial charge in [0.2, 0.25) is 0 Å². The van der Waals surface area contributed by atoms with Crippen LogP contribution in [-0.2, 0) is 0 Å². The molecule has 9 aromatic carbocycles. The van der Waals surface area contributed by atoms with Crippen LogP contribution >= 0.6 is 0 Å². The summed E-state index contributed by atoms with van der Waals surface area (Å²) < 4.78 is 15.2. The molecule has 4 aromatic heterocycles. The minimum atomic E-state index is 0.652. The Balaban J connectivity index is 1.05. The Morgan fingerprint density at radius 1 is 0.302 bits per heavy atom. The molecule has 0 radical (unpaired) electrons. The zero-order valence-corrected chi connectivity index (χ0v) is 33.9. The largest absolute Gasteiger partial charge is 0.456 e. The van der Waals surface area contributed by atoms with Gasteiger partial charge in [0.1, 0.15) is 22.3 Å². The summed E-state index contributed by atoms with van der Waals surface area (Å²) in [6.45, 7) is 0. The minimum absolute atomic E-state index is 0.652. The molecule has 0 aliphatic rings. The van der Waals surface area contributed by atoms with E-state index in [1.807, 2.05) is 42.5 Å². The fraction of sp³-hybridized carbons (Fsp3) is 0. The van der Waals surface area contributed by atoms with E-state index in [0.29, 0.717) is 5.82 Å². The number of aromatic nitrogens is 3. The molecule has 0 amide bonds. The Bertz CT molecular complexity index is 3740. The lowest BCUT2D eigenvalue weighted by Crippen LogP contribution is -2.01. The highest BCUT2D eigenvalue weighted by molar-refractivity contribution is 6.10. The van der Waals surface area contributed by atoms with Crippen molar-refractivity contribution in [3.8, 4) is 61.8 Å². The number of hydrogen-bond acceptors (Lipinski definition) is 4. The molecule has 0 aliphatic carbocycles. The summed E-state index contributed by atoms with van der Waals surface area (Å²) in [5.41, 5.74) is 15.5. The molecular formula is C58H35N3O2. The first-order valence-corrected chi connectivity index (χ1v) is 21.2. The van der Waals surface area contributed by atoms with Crippen LogP contribution in [0.2, 0.25) is 0 Å². The third-order valence-electron chi connectivity index (χ3n) is 12.4. The maximum atomic E-state index is 6.41. The molecule has 5 nitrogen and oxygen atoms in total. The van der Waals surface area contributed by atoms with Crippen molar-refractivity contribution >= 4 is 65.7 Å². The van der Waals surface area contributed by atoms with E-state index in [1.165, 1.54) is 10.8 Å². The molecule has 5 heteroatoms. The highest BCUT2D eigenvalue weighted by Crippen LogP contribution is 2.41. The molecule has 0 spiro atoms. The van der Waals surface area contributed by atoms with Crippen LogP contribution in [-0.4, -0.2) is 14.5 Å². The van der Waals surface area contributed by atoms with Crippen LogP contribution in [0.5, 0.6) is 0 Å². The van der Waals surface area contributed by atoms with Gasteiger partial charge in [-0.25, -0.2) is 9.97 Å². The van der Waals surface area contributed by atoms with Crippen LogP contribution in [0.15, 0.2) is 221 Å². The number of hydrogen-bond donors (Lipinski definition) is 0. The smallest absolute Gasteiger partial charge is 0.160 e. The Hall–Kier alpha value is -8.54. The number of fused-ring (bicyclic) bond motifs is 9. The Labute approximate surface area is 361 Å². The SMILES string of the molecule is c1ccc(-c2nc(-c3cc(-c4ccc5c(c4)oc4ccccc45)cc(-c4ccc5c(c4)oc4ccccc45)c3)cc(-c3ccccc3-n3c4ccccc4c4ccccc43)n2)cc1. The summed E-state index contributed by atoms with van der Waals surface area (Å²) in [6.07, 6.45) is 0. The Morgan fingerprint density at radius 2 is 0.778 bits per heavy atom. The van der Waals surface area contributed by atoms with Crippen LogP contribution in [0.3, 0.4) is 0 Å². The molecule has 4 heterocycles. The number of para-hydroxylation sites is 5. The lowest BCUT2D eigenvalue weighted by molar-refractivity contribution is 0.668. The van der Waals surface area contributed by atoms with Crippen LogP contribution < -0.4 is 0 Å². The highest BCUT2D eigenvalue weighted by atomic mass is 16.3. The maximum Gasteiger partial charge on any atom is 0.160 e. The molecule has 13 aromatic rings. The number of rotatable bonds is 6. The van der Waals surface area contributed by atoms with Crippen LogP contribution in [0, 0.1) is 0 Å². The van der Waals surface area contributed by atoms with Gasteiger partial charge in [-0.2, -0.15) is 0 Å². The van der Waals surface area contributed by atoms with Crippen molar-refractivity contribution in [2.24, 2.45) is 0 Å². The first kappa shape index (κ1) is 35.2. The van der Waals surface area contributed by atoms with Gasteiger partial charge in [-0.1, -0.05) is 133 Å². The van der Waals surface area contributed by atoms with E-state index in [-0.39, 0.29) is 0 Å². The zero-order chi connectivity index (χ0) is 41.4. The Kier molecular flexibility index (Phi) is 7.84. The topological polar surface area (TPSA) is 57.0 Å². The third-order valence-corrected chi connectivity index (χ3v) is 12.4. The van der Waals surface area contributed by atoms with Crippen molar-refractivity contribution in [3.63, 3.8) is 0 Å². The van der Waals surface area contributed by atoms with Crippen LogP contribution in [0.4, 0.5) is 0 Å². The summed E-state index contributed by atoms with van der Waals surface area (Å²) >= 11 is 0. The average Bonchev–Trinajstić information content (AvgIpc) is 4.03. The van der Waals surface area contributed by atoms with Crippen molar-refractivity contribution < 1.29 is 8.83 Å². The predicted octanol–water partition coefficient (Wildman–Crippen LogP) is 15.7. The van der Waals surface area contributed by atoms with E-state index in [4.69, 9.17) is 18.8 Å². The predicted molar refractivity (Wildman–Crippen MR) is 258 cm³/mol. The van der Waals surface area contributed by atoms with Gasteiger partial charge in [0.25, 0.3) is 0 Å². The molecule has 0 atom stereocenters. The lowest BCUT2D eigenvalue weighted by atomic mass is 9.93. The highest BCUT2D eigenvalue weighted by Gasteiger charge is 2.20. The van der Waals surface area contributed by atoms with Gasteiger partial charge in [0, 0.05) is 49.0 Å². The maximum absolute atomic E-state index is 6.41. The molecule has 0 saturated carbocycles. The van der Waals surface area contributed by atoms with Crippen molar-refractivity contribution in [3.05, 3.63) is 212 Å². The summed E-state index contributed by atoms with van der Waals surface area (Å²) in [5.74, 6) is 0.652. The van der Waals surface area contributed by atoms with Crippen molar-refractivity contribution in [2.75, 3.05) is 0 Å². The van der Waals surface area contributed by atoms with E-state index >= 15 is 0 Å². The van der Waals surface area contributed by atoms with Gasteiger partial charge < -0.3 is 13.4 Å². The van der Waals surface area contributed by atoms with Gasteiger partial charge in [-0.05, 0) is 101 Å². The van der Waals surface area contributed by atoms with E-state index < -0.39 is 0 Å². The number of furan rings is 2. The minimum Gasteiger partial charge on any atom is -0.456 e. The van der Waals surface area contributed by atoms with Crippen LogP contribution in [0.1, 0.15) is 0 Å². The fourth-order valence-corrected chi connectivity index (χ4v) is 9.44. The van der Waals surface area contributed by atoms with Crippen molar-refractivity contribution in [2.45, 2.75) is 0 Å². The summed E-state index contributed by atoms with van der Waals surface area (Å²) in [6, 6.07) is 74.4. The van der Waals surface area contributed by atoms with Gasteiger partial charge in [-0.15, -0.1) is 0 Å². The van der Waals surface area contributed by atoms with Gasteiger partial charge >= 0.3 is 0 Å². The van der Waals surface area contributed by atoms with Crippen molar-refractivity contribution in [1.82, 2.24) is 14.5 Å². The average molecular weight is 806 g/mol. The summed E-state index contributed by atoms with van der Waals surface area (Å²) in [7, 11) is 0. The summed E-state index contributed by atoms with van der Waals surface area (Å²) in [4.78, 5) is 10.7. The molecule has 13 rings (SSSR count). The monoisotopic (exact) mass is 805 g/mol. The van der Waals surface area contributed by atoms with Crippen LogP contribution in [0.25, 0.3) is 128 Å². The quantitative estimate of drug-likeness (QED) is 0.168. The zero-order valence-electron chi connectivity index (χ0n) is 33.9. The van der Waals surface area contributed by atoms with E-state index in [9.17, 15) is 0 Å². The second kappa shape index (κ2) is 14.0. The first-order valence-electron chi connectivity index (χ1n) is 21.2. The van der Waals surface area contributed by atoms with E-state index in [2.05, 4.69) is 174 Å². The molecule has 0 bridgehead atoms. The molecule has 294 valence electrons. The molecule has 0 fully saturated rings.